The van der Waals surface area contributed by atoms with Gasteiger partial charge in [0, 0.05) is 12.8 Å². The zero-order valence-corrected chi connectivity index (χ0v) is 11.0. The fourth-order valence-corrected chi connectivity index (χ4v) is 2.21. The van der Waals surface area contributed by atoms with Crippen molar-refractivity contribution >= 4 is 15.9 Å². The molecule has 1 atom stereocenters. The molecule has 2 fully saturated rings. The minimum atomic E-state index is -0.474. The van der Waals surface area contributed by atoms with Crippen LogP contribution >= 0.6 is 15.9 Å². The molecule has 1 saturated heterocycles. The van der Waals surface area contributed by atoms with Gasteiger partial charge in [-0.05, 0) is 26.7 Å². The molecule has 2 aliphatic rings. The van der Waals surface area contributed by atoms with E-state index in [2.05, 4.69) is 15.9 Å². The van der Waals surface area contributed by atoms with Gasteiger partial charge in [0.2, 0.25) is 5.79 Å². The van der Waals surface area contributed by atoms with Crippen molar-refractivity contribution in [1.29, 1.82) is 0 Å². The van der Waals surface area contributed by atoms with Crippen molar-refractivity contribution in [3.05, 3.63) is 0 Å². The summed E-state index contributed by atoms with van der Waals surface area (Å²) in [5, 5.41) is 0. The fourth-order valence-electron chi connectivity index (χ4n) is 2.00. The molecule has 0 N–H and O–H groups in total. The molecule has 0 aromatic heterocycles. The van der Waals surface area contributed by atoms with E-state index in [1.165, 1.54) is 6.42 Å². The first-order valence-electron chi connectivity index (χ1n) is 5.69. The maximum Gasteiger partial charge on any atom is 0.201 e. The van der Waals surface area contributed by atoms with Crippen molar-refractivity contribution in [2.45, 2.75) is 62.2 Å². The lowest BCUT2D eigenvalue weighted by Gasteiger charge is -2.34. The molecule has 0 amide bonds. The van der Waals surface area contributed by atoms with Gasteiger partial charge in [0.05, 0.1) is 11.4 Å². The zero-order chi connectivity index (χ0) is 10.9. The van der Waals surface area contributed by atoms with Crippen LogP contribution < -0.4 is 0 Å². The van der Waals surface area contributed by atoms with Gasteiger partial charge >= 0.3 is 0 Å². The Morgan fingerprint density at radius 1 is 1.07 bits per heavy atom. The van der Waals surface area contributed by atoms with Gasteiger partial charge in [-0.15, -0.1) is 0 Å². The van der Waals surface area contributed by atoms with Crippen LogP contribution in [0.5, 0.6) is 0 Å². The summed E-state index contributed by atoms with van der Waals surface area (Å²) in [4.78, 5) is 11.3. The quantitative estimate of drug-likeness (QED) is 0.503. The van der Waals surface area contributed by atoms with Crippen LogP contribution in [0.25, 0.3) is 0 Å². The topological polar surface area (TPSA) is 27.7 Å². The van der Waals surface area contributed by atoms with Crippen LogP contribution in [0.3, 0.4) is 0 Å². The molecule has 1 heterocycles. The van der Waals surface area contributed by atoms with Crippen LogP contribution in [0.4, 0.5) is 0 Å². The van der Waals surface area contributed by atoms with E-state index >= 15 is 0 Å². The van der Waals surface area contributed by atoms with Gasteiger partial charge in [-0.2, -0.15) is 0 Å². The van der Waals surface area contributed by atoms with Gasteiger partial charge in [-0.1, -0.05) is 22.4 Å². The molecule has 1 aliphatic carbocycles. The van der Waals surface area contributed by atoms with Crippen LogP contribution in [0.2, 0.25) is 0 Å². The Morgan fingerprint density at radius 2 is 1.73 bits per heavy atom. The van der Waals surface area contributed by atoms with Gasteiger partial charge in [0.15, 0.2) is 0 Å². The van der Waals surface area contributed by atoms with Crippen molar-refractivity contribution in [2.75, 3.05) is 6.61 Å². The van der Waals surface area contributed by atoms with Gasteiger partial charge in [-0.3, -0.25) is 0 Å². The van der Waals surface area contributed by atoms with Gasteiger partial charge in [0.25, 0.3) is 0 Å². The second-order valence-corrected chi connectivity index (χ2v) is 6.13. The summed E-state index contributed by atoms with van der Waals surface area (Å²) < 4.78 is 5.89. The molecule has 1 aliphatic heterocycles. The van der Waals surface area contributed by atoms with E-state index in [9.17, 15) is 0 Å². The zero-order valence-electron chi connectivity index (χ0n) is 9.42. The van der Waals surface area contributed by atoms with Crippen LogP contribution in [0.15, 0.2) is 0 Å². The molecular formula is C11H19BrO3. The van der Waals surface area contributed by atoms with E-state index < -0.39 is 5.79 Å². The predicted octanol–water partition coefficient (Wildman–Crippen LogP) is 3.17. The molecule has 88 valence electrons. The maximum atomic E-state index is 5.89. The highest BCUT2D eigenvalue weighted by atomic mass is 79.9. The number of hydrogen-bond acceptors (Lipinski definition) is 3. The Labute approximate surface area is 99.5 Å². The van der Waals surface area contributed by atoms with E-state index in [4.69, 9.17) is 14.5 Å². The normalized spacial score (nSPS) is 35.0. The molecule has 0 radical (unpaired) electrons. The highest BCUT2D eigenvalue weighted by molar-refractivity contribution is 9.09. The van der Waals surface area contributed by atoms with Gasteiger partial charge < -0.3 is 4.74 Å². The average Bonchev–Trinajstić information content (AvgIpc) is 2.33. The van der Waals surface area contributed by atoms with Crippen LogP contribution in [-0.4, -0.2) is 22.8 Å². The maximum absolute atomic E-state index is 5.89. The summed E-state index contributed by atoms with van der Waals surface area (Å²) in [7, 11) is 0. The number of halogens is 1. The van der Waals surface area contributed by atoms with Gasteiger partial charge in [0.1, 0.15) is 5.60 Å². The number of alkyl halides is 1. The van der Waals surface area contributed by atoms with E-state index in [-0.39, 0.29) is 10.4 Å². The first-order valence-corrected chi connectivity index (χ1v) is 6.61. The summed E-state index contributed by atoms with van der Waals surface area (Å²) in [6.07, 6.45) is 5.49. The largest absolute Gasteiger partial charge is 0.346 e. The number of ether oxygens (including phenoxy) is 1. The van der Waals surface area contributed by atoms with Crippen molar-refractivity contribution in [2.24, 2.45) is 0 Å². The lowest BCUT2D eigenvalue weighted by atomic mass is 9.94. The molecule has 2 rings (SSSR count). The summed E-state index contributed by atoms with van der Waals surface area (Å²) in [5.41, 5.74) is -0.332. The van der Waals surface area contributed by atoms with Crippen LogP contribution in [0.1, 0.15) is 46.0 Å². The molecule has 1 saturated carbocycles. The Morgan fingerprint density at radius 3 is 2.40 bits per heavy atom. The monoisotopic (exact) mass is 278 g/mol. The summed E-state index contributed by atoms with van der Waals surface area (Å²) >= 11 is 3.58. The van der Waals surface area contributed by atoms with E-state index in [1.54, 1.807) is 0 Å². The molecular weight excluding hydrogens is 260 g/mol. The second kappa shape index (κ2) is 4.32. The summed E-state index contributed by atoms with van der Waals surface area (Å²) in [6.45, 7) is 4.67. The third-order valence-corrected chi connectivity index (χ3v) is 4.64. The van der Waals surface area contributed by atoms with E-state index in [1.807, 2.05) is 13.8 Å². The lowest BCUT2D eigenvalue weighted by molar-refractivity contribution is -0.449. The number of hydrogen-bond donors (Lipinski definition) is 0. The first kappa shape index (κ1) is 11.8. The first-order chi connectivity index (χ1) is 7.04. The molecule has 4 heteroatoms. The molecule has 0 aromatic carbocycles. The third kappa shape index (κ3) is 2.54. The van der Waals surface area contributed by atoms with Crippen LogP contribution in [0, 0.1) is 0 Å². The minimum Gasteiger partial charge on any atom is -0.346 e. The van der Waals surface area contributed by atoms with Crippen molar-refractivity contribution in [1.82, 2.24) is 0 Å². The van der Waals surface area contributed by atoms with Crippen molar-refractivity contribution in [3.8, 4) is 0 Å². The lowest BCUT2D eigenvalue weighted by Crippen LogP contribution is -2.38. The Bertz CT molecular complexity index is 224. The Hall–Kier alpha value is 0.360. The Balaban J connectivity index is 2.05. The van der Waals surface area contributed by atoms with E-state index in [0.717, 1.165) is 25.7 Å². The second-order valence-electron chi connectivity index (χ2n) is 5.02. The molecule has 0 bridgehead atoms. The minimum absolute atomic E-state index is 0.173. The van der Waals surface area contributed by atoms with Gasteiger partial charge in [-0.25, -0.2) is 9.78 Å². The molecule has 1 spiro atoms. The molecule has 0 aromatic rings. The molecule has 15 heavy (non-hydrogen) atoms. The van der Waals surface area contributed by atoms with Crippen LogP contribution in [-0.2, 0) is 14.5 Å². The highest BCUT2D eigenvalue weighted by Gasteiger charge is 2.43. The standard InChI is InChI=1S/C11H19BrO3/c1-10(2)9(12)8-13-11(15-14-10)6-4-3-5-7-11/h9H,3-8H2,1-2H3. The van der Waals surface area contributed by atoms with E-state index in [0.29, 0.717) is 6.61 Å². The fraction of sp³-hybridized carbons (Fsp3) is 1.00. The third-order valence-electron chi connectivity index (χ3n) is 3.27. The summed E-state index contributed by atoms with van der Waals surface area (Å²) in [5.74, 6) is -0.474. The smallest absolute Gasteiger partial charge is 0.201 e. The Kier molecular flexibility index (Phi) is 3.41. The number of rotatable bonds is 0. The average molecular weight is 279 g/mol. The predicted molar refractivity (Wildman–Crippen MR) is 60.7 cm³/mol. The molecule has 1 unspecified atom stereocenters. The highest BCUT2D eigenvalue weighted by Crippen LogP contribution is 2.38. The van der Waals surface area contributed by atoms with Crippen molar-refractivity contribution in [3.63, 3.8) is 0 Å². The summed E-state index contributed by atoms with van der Waals surface area (Å²) in [6, 6.07) is 0. The molecule has 3 nitrogen and oxygen atoms in total. The SMILES string of the molecule is CC1(C)OOC2(CCCCC2)OCC1Br. The van der Waals surface area contributed by atoms with Crippen molar-refractivity contribution < 1.29 is 14.5 Å².